The van der Waals surface area contributed by atoms with E-state index in [0.717, 1.165) is 16.9 Å². The number of allylic oxidation sites excluding steroid dienone is 2. The lowest BCUT2D eigenvalue weighted by molar-refractivity contribution is 0.0942. The number of ether oxygens (including phenoxy) is 2. The van der Waals surface area contributed by atoms with E-state index in [0.29, 0.717) is 11.3 Å². The monoisotopic (exact) mass is 246 g/mol. The quantitative estimate of drug-likeness (QED) is 0.804. The SMILES string of the molecule is COC1=CC(C)(C)c2cc(OC)c(C)cc2C1=O. The Hall–Kier alpha value is -1.77. The van der Waals surface area contributed by atoms with Gasteiger partial charge in [-0.1, -0.05) is 13.8 Å². The van der Waals surface area contributed by atoms with Crippen LogP contribution in [0.5, 0.6) is 5.75 Å². The largest absolute Gasteiger partial charge is 0.496 e. The summed E-state index contributed by atoms with van der Waals surface area (Å²) >= 11 is 0. The number of methoxy groups -OCH3 is 2. The predicted octanol–water partition coefficient (Wildman–Crippen LogP) is 3.01. The molecule has 1 aliphatic carbocycles. The third kappa shape index (κ3) is 1.80. The second-order valence-electron chi connectivity index (χ2n) is 5.13. The van der Waals surface area contributed by atoms with Crippen LogP contribution in [0.1, 0.15) is 35.3 Å². The fraction of sp³-hybridized carbons (Fsp3) is 0.400. The molecule has 0 aromatic heterocycles. The summed E-state index contributed by atoms with van der Waals surface area (Å²) in [6.07, 6.45) is 1.87. The summed E-state index contributed by atoms with van der Waals surface area (Å²) in [6.45, 7) is 6.06. The predicted molar refractivity (Wildman–Crippen MR) is 70.2 cm³/mol. The van der Waals surface area contributed by atoms with Crippen LogP contribution in [-0.4, -0.2) is 20.0 Å². The van der Waals surface area contributed by atoms with Gasteiger partial charge in [0.2, 0.25) is 5.78 Å². The minimum atomic E-state index is -0.241. The number of aryl methyl sites for hydroxylation is 1. The molecule has 2 rings (SSSR count). The molecule has 96 valence electrons. The first-order valence-electron chi connectivity index (χ1n) is 5.91. The Morgan fingerprint density at radius 2 is 1.78 bits per heavy atom. The van der Waals surface area contributed by atoms with Crippen molar-refractivity contribution >= 4 is 5.78 Å². The van der Waals surface area contributed by atoms with Crippen molar-refractivity contribution in [1.82, 2.24) is 0 Å². The maximum Gasteiger partial charge on any atom is 0.227 e. The Morgan fingerprint density at radius 3 is 2.33 bits per heavy atom. The number of Topliss-reactive ketones (excluding diaryl/α,β-unsaturated/α-hetero) is 1. The van der Waals surface area contributed by atoms with E-state index in [4.69, 9.17) is 9.47 Å². The minimum Gasteiger partial charge on any atom is -0.496 e. The molecule has 0 fully saturated rings. The van der Waals surface area contributed by atoms with Crippen molar-refractivity contribution in [2.45, 2.75) is 26.2 Å². The number of carbonyl (C=O) groups is 1. The van der Waals surface area contributed by atoms with Gasteiger partial charge in [0.1, 0.15) is 5.75 Å². The Kier molecular flexibility index (Phi) is 2.93. The third-order valence-corrected chi connectivity index (χ3v) is 3.41. The normalized spacial score (nSPS) is 16.9. The zero-order chi connectivity index (χ0) is 13.5. The molecule has 0 N–H and O–H groups in total. The fourth-order valence-electron chi connectivity index (χ4n) is 2.38. The first-order valence-corrected chi connectivity index (χ1v) is 5.91. The van der Waals surface area contributed by atoms with Crippen molar-refractivity contribution < 1.29 is 14.3 Å². The molecule has 1 aromatic rings. The molecule has 0 unspecified atom stereocenters. The van der Waals surface area contributed by atoms with E-state index in [2.05, 4.69) is 13.8 Å². The van der Waals surface area contributed by atoms with Crippen LogP contribution in [0.3, 0.4) is 0 Å². The summed E-state index contributed by atoms with van der Waals surface area (Å²) in [5, 5.41) is 0. The average Bonchev–Trinajstić information content (AvgIpc) is 2.33. The van der Waals surface area contributed by atoms with Crippen molar-refractivity contribution in [3.63, 3.8) is 0 Å². The highest BCUT2D eigenvalue weighted by Crippen LogP contribution is 2.38. The van der Waals surface area contributed by atoms with Crippen LogP contribution in [0.15, 0.2) is 24.0 Å². The summed E-state index contributed by atoms with van der Waals surface area (Å²) in [6, 6.07) is 3.83. The van der Waals surface area contributed by atoms with Crippen LogP contribution in [0.25, 0.3) is 0 Å². The van der Waals surface area contributed by atoms with Crippen LogP contribution < -0.4 is 4.74 Å². The summed E-state index contributed by atoms with van der Waals surface area (Å²) in [5.74, 6) is 1.17. The maximum absolute atomic E-state index is 12.3. The number of ketones is 1. The molecule has 0 aliphatic heterocycles. The lowest BCUT2D eigenvalue weighted by atomic mass is 9.75. The third-order valence-electron chi connectivity index (χ3n) is 3.41. The standard InChI is InChI=1S/C15H18O3/c1-9-6-10-11(7-12(9)17-4)15(2,3)8-13(18-5)14(10)16/h6-8H,1-5H3. The molecule has 0 bridgehead atoms. The fourth-order valence-corrected chi connectivity index (χ4v) is 2.38. The van der Waals surface area contributed by atoms with Gasteiger partial charge in [0.05, 0.1) is 14.2 Å². The number of benzene rings is 1. The summed E-state index contributed by atoms with van der Waals surface area (Å²) < 4.78 is 10.5. The van der Waals surface area contributed by atoms with Crippen molar-refractivity contribution in [3.05, 3.63) is 40.7 Å². The Balaban J connectivity index is 2.69. The summed E-state index contributed by atoms with van der Waals surface area (Å²) in [7, 11) is 3.17. The van der Waals surface area contributed by atoms with Gasteiger partial charge in [-0.15, -0.1) is 0 Å². The van der Waals surface area contributed by atoms with Crippen LogP contribution in [0.2, 0.25) is 0 Å². The second-order valence-corrected chi connectivity index (χ2v) is 5.13. The number of hydrogen-bond acceptors (Lipinski definition) is 3. The first-order chi connectivity index (χ1) is 8.40. The molecule has 0 heterocycles. The molecule has 18 heavy (non-hydrogen) atoms. The Bertz CT molecular complexity index is 539. The van der Waals surface area contributed by atoms with E-state index < -0.39 is 0 Å². The van der Waals surface area contributed by atoms with Gasteiger partial charge in [-0.25, -0.2) is 0 Å². The van der Waals surface area contributed by atoms with E-state index >= 15 is 0 Å². The zero-order valence-corrected chi connectivity index (χ0v) is 11.5. The van der Waals surface area contributed by atoms with Gasteiger partial charge in [-0.05, 0) is 36.3 Å². The maximum atomic E-state index is 12.3. The highest BCUT2D eigenvalue weighted by Gasteiger charge is 2.33. The van der Waals surface area contributed by atoms with Crippen LogP contribution >= 0.6 is 0 Å². The Morgan fingerprint density at radius 1 is 1.11 bits per heavy atom. The average molecular weight is 246 g/mol. The van der Waals surface area contributed by atoms with E-state index in [1.165, 1.54) is 7.11 Å². The molecule has 1 aliphatic rings. The molecule has 0 amide bonds. The van der Waals surface area contributed by atoms with Crippen molar-refractivity contribution in [3.8, 4) is 5.75 Å². The number of rotatable bonds is 2. The highest BCUT2D eigenvalue weighted by atomic mass is 16.5. The lowest BCUT2D eigenvalue weighted by Gasteiger charge is -2.30. The molecule has 0 spiro atoms. The summed E-state index contributed by atoms with van der Waals surface area (Å²) in [4.78, 5) is 12.3. The summed E-state index contributed by atoms with van der Waals surface area (Å²) in [5.41, 5.74) is 2.40. The van der Waals surface area contributed by atoms with E-state index in [1.54, 1.807) is 7.11 Å². The van der Waals surface area contributed by atoms with Crippen LogP contribution in [0.4, 0.5) is 0 Å². The molecule has 0 saturated heterocycles. The molecule has 0 atom stereocenters. The van der Waals surface area contributed by atoms with E-state index in [9.17, 15) is 4.79 Å². The van der Waals surface area contributed by atoms with Crippen molar-refractivity contribution in [2.24, 2.45) is 0 Å². The van der Waals surface area contributed by atoms with Gasteiger partial charge in [-0.3, -0.25) is 4.79 Å². The van der Waals surface area contributed by atoms with Gasteiger partial charge < -0.3 is 9.47 Å². The van der Waals surface area contributed by atoms with Gasteiger partial charge in [0.25, 0.3) is 0 Å². The topological polar surface area (TPSA) is 35.5 Å². The first kappa shape index (κ1) is 12.7. The van der Waals surface area contributed by atoms with E-state index in [1.807, 2.05) is 25.1 Å². The molecular formula is C15H18O3. The van der Waals surface area contributed by atoms with Crippen LogP contribution in [0, 0.1) is 6.92 Å². The van der Waals surface area contributed by atoms with Crippen molar-refractivity contribution in [1.29, 1.82) is 0 Å². The molecule has 0 radical (unpaired) electrons. The molecule has 0 saturated carbocycles. The molecule has 1 aromatic carbocycles. The Labute approximate surface area is 107 Å². The number of carbonyl (C=O) groups excluding carboxylic acids is 1. The number of fused-ring (bicyclic) bond motifs is 1. The number of hydrogen-bond donors (Lipinski definition) is 0. The van der Waals surface area contributed by atoms with E-state index in [-0.39, 0.29) is 11.2 Å². The lowest BCUT2D eigenvalue weighted by Crippen LogP contribution is -2.26. The van der Waals surface area contributed by atoms with Crippen LogP contribution in [-0.2, 0) is 10.2 Å². The van der Waals surface area contributed by atoms with Gasteiger partial charge in [0, 0.05) is 11.0 Å². The highest BCUT2D eigenvalue weighted by molar-refractivity contribution is 6.10. The van der Waals surface area contributed by atoms with Gasteiger partial charge >= 0.3 is 0 Å². The molecular weight excluding hydrogens is 228 g/mol. The molecule has 3 heteroatoms. The van der Waals surface area contributed by atoms with Crippen molar-refractivity contribution in [2.75, 3.05) is 14.2 Å². The smallest absolute Gasteiger partial charge is 0.227 e. The molecule has 3 nitrogen and oxygen atoms in total. The minimum absolute atomic E-state index is 0.0578. The van der Waals surface area contributed by atoms with Gasteiger partial charge in [0.15, 0.2) is 5.76 Å². The van der Waals surface area contributed by atoms with Gasteiger partial charge in [-0.2, -0.15) is 0 Å². The second kappa shape index (κ2) is 4.16. The zero-order valence-electron chi connectivity index (χ0n) is 11.5.